The number of nitrogens with zero attached hydrogens (tertiary/aromatic N) is 4. The zero-order valence-corrected chi connectivity index (χ0v) is 13.8. The molecule has 1 unspecified atom stereocenters. The first-order valence-electron chi connectivity index (χ1n) is 7.64. The molecule has 2 aromatic heterocycles. The molecule has 0 radical (unpaired) electrons. The molecule has 3 rings (SSSR count). The monoisotopic (exact) mass is 318 g/mol. The minimum absolute atomic E-state index is 0.455. The van der Waals surface area contributed by atoms with Gasteiger partial charge in [-0.15, -0.1) is 16.8 Å². The minimum Gasteiger partial charge on any atom is -0.472 e. The van der Waals surface area contributed by atoms with E-state index < -0.39 is 0 Å². The average Bonchev–Trinajstić information content (AvgIpc) is 3.15. The summed E-state index contributed by atoms with van der Waals surface area (Å²) in [4.78, 5) is 2.48. The van der Waals surface area contributed by atoms with Gasteiger partial charge in [0, 0.05) is 37.4 Å². The van der Waals surface area contributed by atoms with Gasteiger partial charge in [0.25, 0.3) is 0 Å². The van der Waals surface area contributed by atoms with E-state index in [0.29, 0.717) is 5.92 Å². The van der Waals surface area contributed by atoms with Gasteiger partial charge in [-0.1, -0.05) is 17.8 Å². The van der Waals surface area contributed by atoms with E-state index in [1.165, 1.54) is 18.4 Å². The molecule has 0 amide bonds. The summed E-state index contributed by atoms with van der Waals surface area (Å²) in [5.74, 6) is 2.42. The van der Waals surface area contributed by atoms with Crippen LogP contribution in [0.2, 0.25) is 0 Å². The van der Waals surface area contributed by atoms with Gasteiger partial charge in [-0.3, -0.25) is 4.90 Å². The first-order chi connectivity index (χ1) is 10.8. The van der Waals surface area contributed by atoms with Crippen LogP contribution in [-0.4, -0.2) is 38.5 Å². The Labute approximate surface area is 135 Å². The molecule has 118 valence electrons. The van der Waals surface area contributed by atoms with Crippen LogP contribution in [0.3, 0.4) is 0 Å². The van der Waals surface area contributed by atoms with Crippen LogP contribution >= 0.6 is 11.8 Å². The van der Waals surface area contributed by atoms with Gasteiger partial charge in [-0.2, -0.15) is 0 Å². The number of thioether (sulfide) groups is 1. The number of aromatic nitrogens is 3. The molecule has 5 nitrogen and oxygen atoms in total. The average molecular weight is 318 g/mol. The second kappa shape index (κ2) is 7.15. The lowest BCUT2D eigenvalue weighted by atomic mass is 9.97. The van der Waals surface area contributed by atoms with E-state index in [-0.39, 0.29) is 0 Å². The third kappa shape index (κ3) is 3.44. The fourth-order valence-electron chi connectivity index (χ4n) is 2.99. The van der Waals surface area contributed by atoms with Gasteiger partial charge in [0.15, 0.2) is 5.16 Å². The van der Waals surface area contributed by atoms with Crippen molar-refractivity contribution in [1.29, 1.82) is 0 Å². The number of furan rings is 1. The maximum absolute atomic E-state index is 5.16. The Hall–Kier alpha value is -1.53. The van der Waals surface area contributed by atoms with Gasteiger partial charge in [0.1, 0.15) is 5.82 Å². The smallest absolute Gasteiger partial charge is 0.191 e. The fraction of sp³-hybridized carbons (Fsp3) is 0.500. The zero-order valence-electron chi connectivity index (χ0n) is 12.9. The molecule has 3 heterocycles. The van der Waals surface area contributed by atoms with E-state index in [4.69, 9.17) is 4.42 Å². The van der Waals surface area contributed by atoms with Gasteiger partial charge >= 0.3 is 0 Å². The van der Waals surface area contributed by atoms with Crippen LogP contribution in [0.25, 0.3) is 0 Å². The lowest BCUT2D eigenvalue weighted by molar-refractivity contribution is 0.194. The third-order valence-corrected chi connectivity index (χ3v) is 5.07. The molecule has 0 aliphatic carbocycles. The zero-order chi connectivity index (χ0) is 15.4. The maximum atomic E-state index is 5.16. The van der Waals surface area contributed by atoms with Gasteiger partial charge in [0.05, 0.1) is 12.5 Å². The molecule has 1 atom stereocenters. The van der Waals surface area contributed by atoms with Crippen molar-refractivity contribution >= 4 is 11.8 Å². The summed E-state index contributed by atoms with van der Waals surface area (Å²) in [7, 11) is 2.07. The van der Waals surface area contributed by atoms with E-state index >= 15 is 0 Å². The van der Waals surface area contributed by atoms with E-state index in [0.717, 1.165) is 36.4 Å². The van der Waals surface area contributed by atoms with Gasteiger partial charge in [-0.05, 0) is 25.5 Å². The molecule has 1 aliphatic heterocycles. The van der Waals surface area contributed by atoms with Crippen LogP contribution in [0.5, 0.6) is 0 Å². The Balaban J connectivity index is 1.66. The van der Waals surface area contributed by atoms with E-state index in [2.05, 4.69) is 33.3 Å². The maximum Gasteiger partial charge on any atom is 0.191 e. The molecule has 1 aliphatic rings. The molecule has 0 saturated carbocycles. The first-order valence-corrected chi connectivity index (χ1v) is 8.63. The summed E-state index contributed by atoms with van der Waals surface area (Å²) >= 11 is 1.68. The third-order valence-electron chi connectivity index (χ3n) is 4.06. The molecule has 1 saturated heterocycles. The van der Waals surface area contributed by atoms with Crippen LogP contribution in [0, 0.1) is 0 Å². The van der Waals surface area contributed by atoms with Crippen molar-refractivity contribution in [3.8, 4) is 0 Å². The van der Waals surface area contributed by atoms with E-state index in [1.807, 2.05) is 18.4 Å². The molecular weight excluding hydrogens is 296 g/mol. The standard InChI is InChI=1S/C16H22N4OS/c1-3-9-22-16-18-17-15(19(16)2)14-5-4-7-20(11-14)10-13-6-8-21-12-13/h3,6,8,12,14H,1,4-5,7,9-11H2,2H3. The summed E-state index contributed by atoms with van der Waals surface area (Å²) in [6.07, 6.45) is 7.84. The molecule has 22 heavy (non-hydrogen) atoms. The first kappa shape index (κ1) is 15.4. The molecule has 1 fully saturated rings. The Kier molecular flexibility index (Phi) is 5.00. The van der Waals surface area contributed by atoms with Crippen LogP contribution in [-0.2, 0) is 13.6 Å². The molecule has 6 heteroatoms. The van der Waals surface area contributed by atoms with Crippen LogP contribution in [0.1, 0.15) is 30.1 Å². The Bertz CT molecular complexity index is 608. The predicted molar refractivity (Wildman–Crippen MR) is 87.9 cm³/mol. The molecule has 0 spiro atoms. The van der Waals surface area contributed by atoms with Crippen molar-refractivity contribution < 1.29 is 4.42 Å². The number of hydrogen-bond donors (Lipinski definition) is 0. The second-order valence-electron chi connectivity index (χ2n) is 5.71. The number of rotatable bonds is 6. The highest BCUT2D eigenvalue weighted by Crippen LogP contribution is 2.28. The second-order valence-corrected chi connectivity index (χ2v) is 6.69. The summed E-state index contributed by atoms with van der Waals surface area (Å²) in [6.45, 7) is 6.87. The van der Waals surface area contributed by atoms with E-state index in [1.54, 1.807) is 18.0 Å². The summed E-state index contributed by atoms with van der Waals surface area (Å²) in [5, 5.41) is 9.73. The molecule has 0 N–H and O–H groups in total. The van der Waals surface area contributed by atoms with Gasteiger partial charge < -0.3 is 8.98 Å². The van der Waals surface area contributed by atoms with Crippen molar-refractivity contribution in [3.63, 3.8) is 0 Å². The van der Waals surface area contributed by atoms with Crippen molar-refractivity contribution in [2.75, 3.05) is 18.8 Å². The van der Waals surface area contributed by atoms with E-state index in [9.17, 15) is 0 Å². The van der Waals surface area contributed by atoms with Gasteiger partial charge in [0.2, 0.25) is 0 Å². The fourth-order valence-corrected chi connectivity index (χ4v) is 3.64. The summed E-state index contributed by atoms with van der Waals surface area (Å²) < 4.78 is 7.30. The minimum atomic E-state index is 0.455. The molecule has 2 aromatic rings. The van der Waals surface area contributed by atoms with Crippen molar-refractivity contribution in [1.82, 2.24) is 19.7 Å². The Morgan fingerprint density at radius 3 is 3.18 bits per heavy atom. The SMILES string of the molecule is C=CCSc1nnc(C2CCCN(Cc3ccoc3)C2)n1C. The number of hydrogen-bond acceptors (Lipinski definition) is 5. The van der Waals surface area contributed by atoms with Crippen LogP contribution < -0.4 is 0 Å². The molecule has 0 aromatic carbocycles. The number of piperidine rings is 1. The van der Waals surface area contributed by atoms with Crippen LogP contribution in [0.15, 0.2) is 40.8 Å². The summed E-state index contributed by atoms with van der Waals surface area (Å²) in [5.41, 5.74) is 1.24. The largest absolute Gasteiger partial charge is 0.472 e. The van der Waals surface area contributed by atoms with Crippen molar-refractivity contribution in [3.05, 3.63) is 42.6 Å². The molecular formula is C16H22N4OS. The highest BCUT2D eigenvalue weighted by atomic mass is 32.2. The summed E-state index contributed by atoms with van der Waals surface area (Å²) in [6, 6.07) is 2.04. The quantitative estimate of drug-likeness (QED) is 0.605. The molecule has 0 bridgehead atoms. The van der Waals surface area contributed by atoms with Crippen molar-refractivity contribution in [2.24, 2.45) is 7.05 Å². The Morgan fingerprint density at radius 2 is 2.41 bits per heavy atom. The van der Waals surface area contributed by atoms with Crippen LogP contribution in [0.4, 0.5) is 0 Å². The van der Waals surface area contributed by atoms with Gasteiger partial charge in [-0.25, -0.2) is 0 Å². The highest BCUT2D eigenvalue weighted by molar-refractivity contribution is 7.99. The predicted octanol–water partition coefficient (Wildman–Crippen LogP) is 3.07. The Morgan fingerprint density at radius 1 is 1.50 bits per heavy atom. The highest BCUT2D eigenvalue weighted by Gasteiger charge is 2.26. The van der Waals surface area contributed by atoms with Crippen molar-refractivity contribution in [2.45, 2.75) is 30.5 Å². The normalized spacial score (nSPS) is 19.4. The topological polar surface area (TPSA) is 47.1 Å². The number of likely N-dealkylation sites (tertiary alicyclic amines) is 1. The lowest BCUT2D eigenvalue weighted by Crippen LogP contribution is -2.34. The lowest BCUT2D eigenvalue weighted by Gasteiger charge is -2.31.